The Morgan fingerprint density at radius 3 is 2.38 bits per heavy atom. The molecule has 0 bridgehead atoms. The summed E-state index contributed by atoms with van der Waals surface area (Å²) in [5, 5.41) is 12.2. The average Bonchev–Trinajstić information content (AvgIpc) is 2.60. The number of hydrogen-bond donors (Lipinski definition) is 2. The second-order valence-electron chi connectivity index (χ2n) is 7.20. The molecule has 0 spiro atoms. The van der Waals surface area contributed by atoms with Crippen molar-refractivity contribution in [3.63, 3.8) is 0 Å². The first-order valence-electron chi connectivity index (χ1n) is 9.37. The molecule has 6 nitrogen and oxygen atoms in total. The number of carboxylic acid groups (broad SMARTS) is 1. The number of rotatable bonds is 7. The van der Waals surface area contributed by atoms with E-state index >= 15 is 0 Å². The highest BCUT2D eigenvalue weighted by Gasteiger charge is 2.42. The minimum atomic E-state index is -0.872. The Morgan fingerprint density at radius 1 is 1.19 bits per heavy atom. The number of carbonyl (C=O) groups is 2. The summed E-state index contributed by atoms with van der Waals surface area (Å²) < 4.78 is 11.0. The van der Waals surface area contributed by atoms with E-state index in [0.29, 0.717) is 39.2 Å². The summed E-state index contributed by atoms with van der Waals surface area (Å²) in [6, 6.07) is 8.05. The monoisotopic (exact) mass is 361 g/mol. The fourth-order valence-electron chi connectivity index (χ4n) is 3.90. The van der Waals surface area contributed by atoms with E-state index in [-0.39, 0.29) is 11.3 Å². The second kappa shape index (κ2) is 8.08. The van der Waals surface area contributed by atoms with Gasteiger partial charge in [0.25, 0.3) is 0 Å². The van der Waals surface area contributed by atoms with E-state index in [1.165, 1.54) is 0 Å². The van der Waals surface area contributed by atoms with Crippen molar-refractivity contribution in [3.8, 4) is 5.75 Å². The van der Waals surface area contributed by atoms with Crippen molar-refractivity contribution in [2.24, 2.45) is 11.8 Å². The number of hydrogen-bond acceptors (Lipinski definition) is 4. The number of nitrogens with one attached hydrogen (secondary N) is 1. The molecule has 1 aromatic rings. The molecule has 142 valence electrons. The molecular formula is C20H27NO5. The Bertz CT molecular complexity index is 636. The predicted molar refractivity (Wildman–Crippen MR) is 96.2 cm³/mol. The zero-order chi connectivity index (χ0) is 18.6. The van der Waals surface area contributed by atoms with Gasteiger partial charge in [0, 0.05) is 25.2 Å². The SMILES string of the molecule is CCOc1ccc(C2(CNC(=O)C3CCC3C(=O)O)CCOCC2)cc1. The van der Waals surface area contributed by atoms with Crippen molar-refractivity contribution in [1.29, 1.82) is 0 Å². The van der Waals surface area contributed by atoms with E-state index in [1.54, 1.807) is 0 Å². The van der Waals surface area contributed by atoms with Gasteiger partial charge in [-0.15, -0.1) is 0 Å². The molecule has 1 aliphatic heterocycles. The molecule has 6 heteroatoms. The highest BCUT2D eigenvalue weighted by Crippen LogP contribution is 2.37. The number of carbonyl (C=O) groups excluding carboxylic acids is 1. The number of amides is 1. The summed E-state index contributed by atoms with van der Waals surface area (Å²) in [7, 11) is 0. The molecule has 1 aromatic carbocycles. The summed E-state index contributed by atoms with van der Waals surface area (Å²) in [6.45, 7) is 4.40. The fraction of sp³-hybridized carbons (Fsp3) is 0.600. The van der Waals surface area contributed by atoms with Crippen LogP contribution in [0.15, 0.2) is 24.3 Å². The Hall–Kier alpha value is -2.08. The zero-order valence-corrected chi connectivity index (χ0v) is 15.2. The number of ether oxygens (including phenoxy) is 2. The van der Waals surface area contributed by atoms with Gasteiger partial charge in [0.05, 0.1) is 18.4 Å². The van der Waals surface area contributed by atoms with Crippen LogP contribution in [-0.2, 0) is 19.7 Å². The van der Waals surface area contributed by atoms with Crippen molar-refractivity contribution in [2.75, 3.05) is 26.4 Å². The predicted octanol–water partition coefficient (Wildman–Crippen LogP) is 2.36. The van der Waals surface area contributed by atoms with Gasteiger partial charge < -0.3 is 19.9 Å². The maximum Gasteiger partial charge on any atom is 0.307 e. The van der Waals surface area contributed by atoms with E-state index in [4.69, 9.17) is 14.6 Å². The summed E-state index contributed by atoms with van der Waals surface area (Å²) >= 11 is 0. The van der Waals surface area contributed by atoms with Gasteiger partial charge in [-0.05, 0) is 50.3 Å². The second-order valence-corrected chi connectivity index (χ2v) is 7.20. The standard InChI is InChI=1S/C20H27NO5/c1-2-26-15-5-3-14(4-6-15)20(9-11-25-12-10-20)13-21-18(22)16-7-8-17(16)19(23)24/h3-6,16-17H,2,7-13H2,1H3,(H,21,22)(H,23,24). The number of carboxylic acids is 1. The van der Waals surface area contributed by atoms with Crippen LogP contribution in [0, 0.1) is 11.8 Å². The molecule has 3 rings (SSSR count). The molecule has 2 aliphatic rings. The van der Waals surface area contributed by atoms with Crippen molar-refractivity contribution in [2.45, 2.75) is 38.0 Å². The molecule has 1 amide bonds. The highest BCUT2D eigenvalue weighted by molar-refractivity contribution is 5.86. The Labute approximate surface area is 153 Å². The lowest BCUT2D eigenvalue weighted by molar-refractivity contribution is -0.152. The minimum Gasteiger partial charge on any atom is -0.494 e. The molecule has 1 saturated heterocycles. The molecular weight excluding hydrogens is 334 g/mol. The van der Waals surface area contributed by atoms with Gasteiger partial charge in [0.1, 0.15) is 5.75 Å². The van der Waals surface area contributed by atoms with Crippen molar-refractivity contribution in [3.05, 3.63) is 29.8 Å². The van der Waals surface area contributed by atoms with E-state index in [2.05, 4.69) is 17.4 Å². The van der Waals surface area contributed by atoms with Crippen LogP contribution < -0.4 is 10.1 Å². The van der Waals surface area contributed by atoms with E-state index in [9.17, 15) is 9.59 Å². The third-order valence-electron chi connectivity index (χ3n) is 5.76. The average molecular weight is 361 g/mol. The van der Waals surface area contributed by atoms with Gasteiger partial charge in [-0.25, -0.2) is 0 Å². The van der Waals surface area contributed by atoms with Gasteiger partial charge in [0.2, 0.25) is 5.91 Å². The Kier molecular flexibility index (Phi) is 5.81. The Balaban J connectivity index is 1.69. The zero-order valence-electron chi connectivity index (χ0n) is 15.2. The van der Waals surface area contributed by atoms with E-state index in [1.807, 2.05) is 19.1 Å². The van der Waals surface area contributed by atoms with Crippen LogP contribution in [0.1, 0.15) is 38.2 Å². The van der Waals surface area contributed by atoms with Crippen molar-refractivity contribution >= 4 is 11.9 Å². The number of aliphatic carboxylic acids is 1. The maximum absolute atomic E-state index is 12.5. The molecule has 0 radical (unpaired) electrons. The smallest absolute Gasteiger partial charge is 0.307 e. The topological polar surface area (TPSA) is 84.9 Å². The van der Waals surface area contributed by atoms with Gasteiger partial charge in [-0.2, -0.15) is 0 Å². The molecule has 1 aliphatic carbocycles. The van der Waals surface area contributed by atoms with E-state index in [0.717, 1.165) is 24.2 Å². The summed E-state index contributed by atoms with van der Waals surface area (Å²) in [6.07, 6.45) is 2.90. The molecule has 1 saturated carbocycles. The highest BCUT2D eigenvalue weighted by atomic mass is 16.5. The summed E-state index contributed by atoms with van der Waals surface area (Å²) in [4.78, 5) is 23.6. The summed E-state index contributed by atoms with van der Waals surface area (Å²) in [5.41, 5.74) is 0.981. The first kappa shape index (κ1) is 18.7. The summed E-state index contributed by atoms with van der Waals surface area (Å²) in [5.74, 6) is -1.11. The molecule has 2 unspecified atom stereocenters. The lowest BCUT2D eigenvalue weighted by Crippen LogP contribution is -2.49. The van der Waals surface area contributed by atoms with Gasteiger partial charge >= 0.3 is 5.97 Å². The van der Waals surface area contributed by atoms with Gasteiger partial charge in [-0.3, -0.25) is 9.59 Å². The van der Waals surface area contributed by atoms with Crippen molar-refractivity contribution < 1.29 is 24.2 Å². The van der Waals surface area contributed by atoms with Crippen LogP contribution >= 0.6 is 0 Å². The maximum atomic E-state index is 12.5. The molecule has 2 fully saturated rings. The van der Waals surface area contributed by atoms with Crippen LogP contribution in [0.2, 0.25) is 0 Å². The normalized spacial score (nSPS) is 24.3. The number of benzene rings is 1. The molecule has 2 atom stereocenters. The largest absolute Gasteiger partial charge is 0.494 e. The first-order chi connectivity index (χ1) is 12.6. The first-order valence-corrected chi connectivity index (χ1v) is 9.37. The lowest BCUT2D eigenvalue weighted by Gasteiger charge is -2.39. The van der Waals surface area contributed by atoms with Crippen LogP contribution in [-0.4, -0.2) is 43.3 Å². The van der Waals surface area contributed by atoms with Gasteiger partial charge in [-0.1, -0.05) is 12.1 Å². The van der Waals surface area contributed by atoms with Crippen LogP contribution in [0.5, 0.6) is 5.75 Å². The lowest BCUT2D eigenvalue weighted by atomic mass is 9.72. The Morgan fingerprint density at radius 2 is 1.85 bits per heavy atom. The molecule has 2 N–H and O–H groups in total. The fourth-order valence-corrected chi connectivity index (χ4v) is 3.90. The molecule has 0 aromatic heterocycles. The molecule has 26 heavy (non-hydrogen) atoms. The minimum absolute atomic E-state index is 0.138. The van der Waals surface area contributed by atoms with Crippen LogP contribution in [0.3, 0.4) is 0 Å². The third kappa shape index (κ3) is 3.85. The third-order valence-corrected chi connectivity index (χ3v) is 5.76. The molecule has 1 heterocycles. The quantitative estimate of drug-likeness (QED) is 0.779. The van der Waals surface area contributed by atoms with Crippen LogP contribution in [0.25, 0.3) is 0 Å². The van der Waals surface area contributed by atoms with Crippen LogP contribution in [0.4, 0.5) is 0 Å². The van der Waals surface area contributed by atoms with Gasteiger partial charge in [0.15, 0.2) is 0 Å². The van der Waals surface area contributed by atoms with E-state index < -0.39 is 17.8 Å². The van der Waals surface area contributed by atoms with Crippen molar-refractivity contribution in [1.82, 2.24) is 5.32 Å².